The van der Waals surface area contributed by atoms with Gasteiger partial charge in [-0.2, -0.15) is 11.8 Å². The van der Waals surface area contributed by atoms with E-state index in [0.717, 1.165) is 5.75 Å². The van der Waals surface area contributed by atoms with E-state index in [0.29, 0.717) is 12.2 Å². The molecule has 2 rings (SSSR count). The molecule has 3 nitrogen and oxygen atoms in total. The third kappa shape index (κ3) is 4.85. The Labute approximate surface area is 146 Å². The van der Waals surface area contributed by atoms with E-state index in [-0.39, 0.29) is 34.4 Å². The van der Waals surface area contributed by atoms with Crippen LogP contribution < -0.4 is 0 Å². The zero-order chi connectivity index (χ0) is 17.2. The van der Waals surface area contributed by atoms with E-state index in [1.165, 1.54) is 12.1 Å². The third-order valence-electron chi connectivity index (χ3n) is 3.69. The monoisotopic (exact) mass is 359 g/mol. The molecular formula is C17H23ClFNO2S. The molecule has 0 aromatic heterocycles. The molecule has 2 unspecified atom stereocenters. The molecule has 1 aromatic carbocycles. The van der Waals surface area contributed by atoms with Gasteiger partial charge in [0.2, 0.25) is 5.91 Å². The molecule has 2 atom stereocenters. The molecule has 0 N–H and O–H groups in total. The summed E-state index contributed by atoms with van der Waals surface area (Å²) in [6.45, 7) is 8.93. The molecule has 23 heavy (non-hydrogen) atoms. The van der Waals surface area contributed by atoms with E-state index in [4.69, 9.17) is 16.3 Å². The van der Waals surface area contributed by atoms with Crippen LogP contribution in [0.15, 0.2) is 18.2 Å². The number of morpholine rings is 1. The lowest BCUT2D eigenvalue weighted by Gasteiger charge is -2.40. The number of rotatable bonds is 4. The summed E-state index contributed by atoms with van der Waals surface area (Å²) in [7, 11) is 0. The van der Waals surface area contributed by atoms with Gasteiger partial charge in [-0.25, -0.2) is 4.39 Å². The highest BCUT2D eigenvalue weighted by Gasteiger charge is 2.34. The zero-order valence-corrected chi connectivity index (χ0v) is 15.5. The molecule has 1 aromatic rings. The Bertz CT molecular complexity index is 576. The Morgan fingerprint density at radius 3 is 2.78 bits per heavy atom. The maximum absolute atomic E-state index is 13.8. The summed E-state index contributed by atoms with van der Waals surface area (Å²) in [5, 5.41) is 0.0830. The molecule has 0 radical (unpaired) electrons. The minimum Gasteiger partial charge on any atom is -0.369 e. The smallest absolute Gasteiger partial charge is 0.249 e. The molecule has 0 aliphatic carbocycles. The van der Waals surface area contributed by atoms with Crippen LogP contribution in [0.2, 0.25) is 5.02 Å². The lowest BCUT2D eigenvalue weighted by atomic mass is 10.0. The van der Waals surface area contributed by atoms with Crippen molar-refractivity contribution >= 4 is 29.3 Å². The van der Waals surface area contributed by atoms with Crippen LogP contribution in [-0.4, -0.2) is 40.6 Å². The molecule has 1 aliphatic heterocycles. The first-order valence-corrected chi connectivity index (χ1v) is 9.03. The number of hydrogen-bond acceptors (Lipinski definition) is 3. The number of nitrogens with zero attached hydrogens (tertiary/aromatic N) is 1. The van der Waals surface area contributed by atoms with Crippen LogP contribution in [0.25, 0.3) is 0 Å². The summed E-state index contributed by atoms with van der Waals surface area (Å²) >= 11 is 7.57. The Hall–Kier alpha value is -0.780. The number of benzene rings is 1. The minimum absolute atomic E-state index is 0.0411. The van der Waals surface area contributed by atoms with E-state index in [1.807, 2.05) is 23.6 Å². The lowest BCUT2D eigenvalue weighted by molar-refractivity contribution is -0.151. The van der Waals surface area contributed by atoms with Gasteiger partial charge in [0.15, 0.2) is 0 Å². The van der Waals surface area contributed by atoms with Crippen LogP contribution in [-0.2, 0) is 9.53 Å². The van der Waals surface area contributed by atoms with Crippen LogP contribution in [0.5, 0.6) is 0 Å². The highest BCUT2D eigenvalue weighted by molar-refractivity contribution is 8.00. The van der Waals surface area contributed by atoms with Gasteiger partial charge < -0.3 is 9.64 Å². The standard InChI is InChI=1S/C17H23ClFNO2S/c1-11(10-23-17(2,3)4)20-15(8-22-9-16(20)21)12-5-6-13(18)14(19)7-12/h5-7,11,15H,8-10H2,1-4H3. The molecule has 0 saturated carbocycles. The summed E-state index contributed by atoms with van der Waals surface area (Å²) in [5.41, 5.74) is 0.715. The van der Waals surface area contributed by atoms with E-state index in [2.05, 4.69) is 20.8 Å². The number of thioether (sulfide) groups is 1. The molecule has 1 amide bonds. The van der Waals surface area contributed by atoms with Crippen molar-refractivity contribution in [1.29, 1.82) is 0 Å². The van der Waals surface area contributed by atoms with Gasteiger partial charge >= 0.3 is 0 Å². The van der Waals surface area contributed by atoms with E-state index < -0.39 is 5.82 Å². The van der Waals surface area contributed by atoms with Gasteiger partial charge in [-0.1, -0.05) is 38.4 Å². The summed E-state index contributed by atoms with van der Waals surface area (Å²) < 4.78 is 19.3. The number of amides is 1. The second-order valence-corrected chi connectivity index (χ2v) is 9.03. The number of carbonyl (C=O) groups excluding carboxylic acids is 1. The minimum atomic E-state index is -0.473. The molecule has 1 aliphatic rings. The number of carbonyl (C=O) groups is 1. The topological polar surface area (TPSA) is 29.5 Å². The van der Waals surface area contributed by atoms with Crippen molar-refractivity contribution in [3.05, 3.63) is 34.6 Å². The molecule has 128 valence electrons. The predicted molar refractivity (Wildman–Crippen MR) is 93.5 cm³/mol. The van der Waals surface area contributed by atoms with Gasteiger partial charge in [0.05, 0.1) is 17.7 Å². The van der Waals surface area contributed by atoms with Crippen LogP contribution in [0, 0.1) is 5.82 Å². The summed E-state index contributed by atoms with van der Waals surface area (Å²) in [5.74, 6) is 0.291. The first kappa shape index (κ1) is 18.6. The van der Waals surface area contributed by atoms with Crippen LogP contribution in [0.3, 0.4) is 0 Å². The van der Waals surface area contributed by atoms with E-state index in [1.54, 1.807) is 6.07 Å². The average Bonchev–Trinajstić information content (AvgIpc) is 2.46. The first-order chi connectivity index (χ1) is 10.7. The van der Waals surface area contributed by atoms with Crippen molar-refractivity contribution in [2.24, 2.45) is 0 Å². The lowest BCUT2D eigenvalue weighted by Crippen LogP contribution is -2.49. The second kappa shape index (κ2) is 7.41. The summed E-state index contributed by atoms with van der Waals surface area (Å²) in [6.07, 6.45) is 0. The van der Waals surface area contributed by atoms with Gasteiger partial charge in [-0.3, -0.25) is 4.79 Å². The summed E-state index contributed by atoms with van der Waals surface area (Å²) in [6, 6.07) is 4.44. The number of ether oxygens (including phenoxy) is 1. The van der Waals surface area contributed by atoms with Crippen LogP contribution >= 0.6 is 23.4 Å². The molecular weight excluding hydrogens is 337 g/mol. The fourth-order valence-electron chi connectivity index (χ4n) is 2.57. The van der Waals surface area contributed by atoms with Crippen LogP contribution in [0.4, 0.5) is 4.39 Å². The fraction of sp³-hybridized carbons (Fsp3) is 0.588. The maximum atomic E-state index is 13.8. The van der Waals surface area contributed by atoms with Crippen molar-refractivity contribution < 1.29 is 13.9 Å². The van der Waals surface area contributed by atoms with Gasteiger partial charge in [0, 0.05) is 16.5 Å². The van der Waals surface area contributed by atoms with Crippen molar-refractivity contribution in [2.75, 3.05) is 19.0 Å². The molecule has 1 heterocycles. The zero-order valence-electron chi connectivity index (χ0n) is 13.9. The second-order valence-electron chi connectivity index (χ2n) is 6.78. The Morgan fingerprint density at radius 1 is 1.48 bits per heavy atom. The molecule has 1 saturated heterocycles. The molecule has 6 heteroatoms. The third-order valence-corrected chi connectivity index (χ3v) is 5.51. The van der Waals surface area contributed by atoms with E-state index >= 15 is 0 Å². The predicted octanol–water partition coefficient (Wildman–Crippen LogP) is 4.30. The van der Waals surface area contributed by atoms with Gasteiger partial charge in [-0.15, -0.1) is 0 Å². The van der Waals surface area contributed by atoms with Crippen molar-refractivity contribution in [1.82, 2.24) is 4.90 Å². The van der Waals surface area contributed by atoms with Crippen LogP contribution in [0.1, 0.15) is 39.3 Å². The SMILES string of the molecule is CC(CSC(C)(C)C)N1C(=O)COCC1c1ccc(Cl)c(F)c1. The van der Waals surface area contributed by atoms with Gasteiger partial charge in [0.1, 0.15) is 12.4 Å². The largest absolute Gasteiger partial charge is 0.369 e. The van der Waals surface area contributed by atoms with Crippen molar-refractivity contribution in [3.8, 4) is 0 Å². The normalized spacial score (nSPS) is 20.7. The number of hydrogen-bond donors (Lipinski definition) is 0. The van der Waals surface area contributed by atoms with E-state index in [9.17, 15) is 9.18 Å². The maximum Gasteiger partial charge on any atom is 0.249 e. The Morgan fingerprint density at radius 2 is 2.17 bits per heavy atom. The fourth-order valence-corrected chi connectivity index (χ4v) is 3.59. The Kier molecular flexibility index (Phi) is 5.98. The molecule has 1 fully saturated rings. The summed E-state index contributed by atoms with van der Waals surface area (Å²) in [4.78, 5) is 14.2. The highest BCUT2D eigenvalue weighted by Crippen LogP contribution is 2.32. The quantitative estimate of drug-likeness (QED) is 0.802. The Balaban J connectivity index is 2.21. The highest BCUT2D eigenvalue weighted by atomic mass is 35.5. The molecule has 0 bridgehead atoms. The van der Waals surface area contributed by atoms with Gasteiger partial charge in [-0.05, 0) is 24.6 Å². The van der Waals surface area contributed by atoms with Crippen molar-refractivity contribution in [2.45, 2.75) is 44.5 Å². The number of halogens is 2. The first-order valence-electron chi connectivity index (χ1n) is 7.67. The van der Waals surface area contributed by atoms with Crippen molar-refractivity contribution in [3.63, 3.8) is 0 Å². The molecule has 0 spiro atoms. The average molecular weight is 360 g/mol. The van der Waals surface area contributed by atoms with Gasteiger partial charge in [0.25, 0.3) is 0 Å².